The first kappa shape index (κ1) is 17.3. The number of benzene rings is 1. The molecule has 0 saturated heterocycles. The van der Waals surface area contributed by atoms with Gasteiger partial charge in [-0.15, -0.1) is 12.4 Å². The summed E-state index contributed by atoms with van der Waals surface area (Å²) >= 11 is 0. The van der Waals surface area contributed by atoms with E-state index in [0.29, 0.717) is 19.0 Å². The van der Waals surface area contributed by atoms with Crippen LogP contribution < -0.4 is 10.5 Å². The van der Waals surface area contributed by atoms with Gasteiger partial charge in [0.1, 0.15) is 16.5 Å². The Morgan fingerprint density at radius 3 is 2.65 bits per heavy atom. The maximum atomic E-state index is 13.5. The summed E-state index contributed by atoms with van der Waals surface area (Å²) in [5, 5.41) is 0. The van der Waals surface area contributed by atoms with Crippen molar-refractivity contribution >= 4 is 22.4 Å². The van der Waals surface area contributed by atoms with Crippen LogP contribution in [0.4, 0.5) is 8.78 Å². The molecule has 0 radical (unpaired) electrons. The van der Waals surface area contributed by atoms with E-state index < -0.39 is 26.6 Å². The molecule has 4 nitrogen and oxygen atoms in total. The maximum Gasteiger partial charge on any atom is 0.243 e. The molecule has 1 aliphatic rings. The molecule has 1 saturated carbocycles. The maximum absolute atomic E-state index is 13.5. The van der Waals surface area contributed by atoms with Crippen molar-refractivity contribution in [1.82, 2.24) is 4.72 Å². The SMILES string of the molecule is Cl.NCC1CCCC1NS(=O)(=O)c1cc(F)ccc1F. The van der Waals surface area contributed by atoms with Crippen molar-refractivity contribution in [2.24, 2.45) is 11.7 Å². The van der Waals surface area contributed by atoms with Gasteiger partial charge in [-0.05, 0) is 43.5 Å². The van der Waals surface area contributed by atoms with Crippen molar-refractivity contribution in [3.05, 3.63) is 29.8 Å². The van der Waals surface area contributed by atoms with Gasteiger partial charge in [0.2, 0.25) is 10.0 Å². The van der Waals surface area contributed by atoms with Gasteiger partial charge < -0.3 is 5.73 Å². The number of rotatable bonds is 4. The highest BCUT2D eigenvalue weighted by molar-refractivity contribution is 7.89. The molecule has 0 amide bonds. The highest BCUT2D eigenvalue weighted by Crippen LogP contribution is 2.26. The van der Waals surface area contributed by atoms with Gasteiger partial charge in [-0.25, -0.2) is 21.9 Å². The van der Waals surface area contributed by atoms with Gasteiger partial charge in [0.15, 0.2) is 0 Å². The zero-order valence-corrected chi connectivity index (χ0v) is 12.3. The largest absolute Gasteiger partial charge is 0.330 e. The molecule has 114 valence electrons. The summed E-state index contributed by atoms with van der Waals surface area (Å²) in [7, 11) is -4.06. The lowest BCUT2D eigenvalue weighted by Gasteiger charge is -2.19. The second-order valence-corrected chi connectivity index (χ2v) is 6.41. The molecule has 1 aliphatic carbocycles. The molecule has 1 aromatic rings. The van der Waals surface area contributed by atoms with Gasteiger partial charge in [0.05, 0.1) is 0 Å². The van der Waals surface area contributed by atoms with Crippen molar-refractivity contribution < 1.29 is 17.2 Å². The Labute approximate surface area is 123 Å². The predicted molar refractivity (Wildman–Crippen MR) is 74.1 cm³/mol. The van der Waals surface area contributed by atoms with E-state index in [2.05, 4.69) is 4.72 Å². The highest BCUT2D eigenvalue weighted by atomic mass is 35.5. The van der Waals surface area contributed by atoms with E-state index in [0.717, 1.165) is 25.0 Å². The van der Waals surface area contributed by atoms with Crippen molar-refractivity contribution in [3.63, 3.8) is 0 Å². The lowest BCUT2D eigenvalue weighted by atomic mass is 10.1. The molecule has 2 rings (SSSR count). The monoisotopic (exact) mass is 326 g/mol. The van der Waals surface area contributed by atoms with Crippen LogP contribution in [0, 0.1) is 17.6 Å². The molecule has 20 heavy (non-hydrogen) atoms. The average molecular weight is 327 g/mol. The second-order valence-electron chi connectivity index (χ2n) is 4.73. The lowest BCUT2D eigenvalue weighted by molar-refractivity contribution is 0.450. The zero-order valence-electron chi connectivity index (χ0n) is 10.7. The molecule has 1 fully saturated rings. The van der Waals surface area contributed by atoms with Crippen LogP contribution in [0.25, 0.3) is 0 Å². The van der Waals surface area contributed by atoms with Crippen molar-refractivity contribution in [2.75, 3.05) is 6.54 Å². The molecular formula is C12H17ClF2N2O2S. The molecule has 0 bridgehead atoms. The number of hydrogen-bond donors (Lipinski definition) is 2. The molecule has 2 atom stereocenters. The lowest BCUT2D eigenvalue weighted by Crippen LogP contribution is -2.40. The quantitative estimate of drug-likeness (QED) is 0.886. The Hall–Kier alpha value is -0.760. The van der Waals surface area contributed by atoms with E-state index in [1.54, 1.807) is 0 Å². The second kappa shape index (κ2) is 6.80. The molecule has 0 spiro atoms. The topological polar surface area (TPSA) is 72.2 Å². The fraction of sp³-hybridized carbons (Fsp3) is 0.500. The number of sulfonamides is 1. The smallest absolute Gasteiger partial charge is 0.243 e. The number of nitrogens with one attached hydrogen (secondary N) is 1. The first-order valence-electron chi connectivity index (χ1n) is 6.11. The van der Waals surface area contributed by atoms with Crippen LogP contribution in [-0.4, -0.2) is 21.0 Å². The molecule has 0 aromatic heterocycles. The number of nitrogens with two attached hydrogens (primary N) is 1. The van der Waals surface area contributed by atoms with Crippen molar-refractivity contribution in [2.45, 2.75) is 30.2 Å². The molecule has 3 N–H and O–H groups in total. The minimum Gasteiger partial charge on any atom is -0.330 e. The zero-order chi connectivity index (χ0) is 14.0. The molecular weight excluding hydrogens is 310 g/mol. The fourth-order valence-electron chi connectivity index (χ4n) is 2.42. The highest BCUT2D eigenvalue weighted by Gasteiger charge is 2.31. The third kappa shape index (κ3) is 3.66. The van der Waals surface area contributed by atoms with Crippen LogP contribution in [0.1, 0.15) is 19.3 Å². The molecule has 0 aliphatic heterocycles. The summed E-state index contributed by atoms with van der Waals surface area (Å²) in [5.74, 6) is -1.70. The Morgan fingerprint density at radius 1 is 1.30 bits per heavy atom. The van der Waals surface area contributed by atoms with Gasteiger partial charge in [0.25, 0.3) is 0 Å². The normalized spacial score (nSPS) is 22.6. The minimum absolute atomic E-state index is 0. The van der Waals surface area contributed by atoms with E-state index in [4.69, 9.17) is 5.73 Å². The van der Waals surface area contributed by atoms with Gasteiger partial charge >= 0.3 is 0 Å². The molecule has 2 unspecified atom stereocenters. The van der Waals surface area contributed by atoms with E-state index in [1.165, 1.54) is 0 Å². The van der Waals surface area contributed by atoms with Crippen LogP contribution in [0.15, 0.2) is 23.1 Å². The Kier molecular flexibility index (Phi) is 5.88. The summed E-state index contributed by atoms with van der Waals surface area (Å²) in [6.45, 7) is 0.374. The molecule has 0 heterocycles. The fourth-order valence-corrected chi connectivity index (χ4v) is 3.85. The number of hydrogen-bond acceptors (Lipinski definition) is 3. The van der Waals surface area contributed by atoms with E-state index in [1.807, 2.05) is 0 Å². The third-order valence-electron chi connectivity index (χ3n) is 3.45. The first-order chi connectivity index (χ1) is 8.94. The van der Waals surface area contributed by atoms with Gasteiger partial charge in [0, 0.05) is 6.04 Å². The number of halogens is 3. The summed E-state index contributed by atoms with van der Waals surface area (Å²) in [4.78, 5) is -0.657. The van der Waals surface area contributed by atoms with Crippen molar-refractivity contribution in [1.29, 1.82) is 0 Å². The Balaban J connectivity index is 0.00000200. The van der Waals surface area contributed by atoms with Crippen LogP contribution in [0.3, 0.4) is 0 Å². The van der Waals surface area contributed by atoms with Crippen LogP contribution in [0.5, 0.6) is 0 Å². The van der Waals surface area contributed by atoms with Crippen LogP contribution in [-0.2, 0) is 10.0 Å². The van der Waals surface area contributed by atoms with Gasteiger partial charge in [-0.3, -0.25) is 0 Å². The molecule has 1 aromatic carbocycles. The van der Waals surface area contributed by atoms with Crippen molar-refractivity contribution in [3.8, 4) is 0 Å². The first-order valence-corrected chi connectivity index (χ1v) is 7.60. The van der Waals surface area contributed by atoms with E-state index in [-0.39, 0.29) is 24.4 Å². The molecule has 8 heteroatoms. The third-order valence-corrected chi connectivity index (χ3v) is 4.96. The minimum atomic E-state index is -4.06. The standard InChI is InChI=1S/C12H16F2N2O2S.ClH/c13-9-4-5-10(14)12(6-9)19(17,18)16-11-3-1-2-8(11)7-15;/h4-6,8,11,16H,1-3,7,15H2;1H. The average Bonchev–Trinajstić information content (AvgIpc) is 2.78. The Bertz CT molecular complexity index is 569. The summed E-state index contributed by atoms with van der Waals surface area (Å²) in [6.07, 6.45) is 2.38. The van der Waals surface area contributed by atoms with E-state index in [9.17, 15) is 17.2 Å². The van der Waals surface area contributed by atoms with Gasteiger partial charge in [-0.2, -0.15) is 0 Å². The van der Waals surface area contributed by atoms with Gasteiger partial charge in [-0.1, -0.05) is 6.42 Å². The summed E-state index contributed by atoms with van der Waals surface area (Å²) in [6, 6.07) is 2.06. The Morgan fingerprint density at radius 2 is 2.00 bits per heavy atom. The summed E-state index contributed by atoms with van der Waals surface area (Å²) < 4.78 is 53.1. The van der Waals surface area contributed by atoms with Crippen LogP contribution in [0.2, 0.25) is 0 Å². The van der Waals surface area contributed by atoms with Crippen LogP contribution >= 0.6 is 12.4 Å². The summed E-state index contributed by atoms with van der Waals surface area (Å²) in [5.41, 5.74) is 5.57. The predicted octanol–water partition coefficient (Wildman–Crippen LogP) is 1.79. The van der Waals surface area contributed by atoms with E-state index >= 15 is 0 Å².